The van der Waals surface area contributed by atoms with Gasteiger partial charge in [-0.3, -0.25) is 0 Å². The van der Waals surface area contributed by atoms with E-state index in [1.54, 1.807) is 11.3 Å². The Hall–Kier alpha value is -1.08. The highest BCUT2D eigenvalue weighted by Crippen LogP contribution is 2.36. The first kappa shape index (κ1) is 16.3. The van der Waals surface area contributed by atoms with Crippen molar-refractivity contribution in [3.8, 4) is 0 Å². The number of nitrogens with zero attached hydrogens (tertiary/aromatic N) is 1. The van der Waals surface area contributed by atoms with Crippen molar-refractivity contribution in [3.63, 3.8) is 0 Å². The van der Waals surface area contributed by atoms with Crippen molar-refractivity contribution in [2.75, 3.05) is 11.9 Å². The standard InChI is InChI=1S/C14H14BrF3N2S/c1-13(2,11-4-3-5-21-11)8-20-12-10(14(16,17)18)6-9(15)7-19-12/h3-7H,8H2,1-2H3,(H,19,20). The van der Waals surface area contributed by atoms with Gasteiger partial charge in [-0.05, 0) is 33.4 Å². The average molecular weight is 379 g/mol. The molecule has 0 saturated heterocycles. The van der Waals surface area contributed by atoms with Crippen LogP contribution in [0.15, 0.2) is 34.2 Å². The lowest BCUT2D eigenvalue weighted by atomic mass is 9.91. The van der Waals surface area contributed by atoms with Crippen LogP contribution in [0.25, 0.3) is 0 Å². The second-order valence-corrected chi connectivity index (χ2v) is 7.13. The Morgan fingerprint density at radius 1 is 1.33 bits per heavy atom. The van der Waals surface area contributed by atoms with Crippen LogP contribution in [-0.2, 0) is 11.6 Å². The molecule has 2 rings (SSSR count). The molecule has 0 saturated carbocycles. The van der Waals surface area contributed by atoms with Crippen LogP contribution < -0.4 is 5.32 Å². The van der Waals surface area contributed by atoms with E-state index < -0.39 is 11.7 Å². The number of hydrogen-bond acceptors (Lipinski definition) is 3. The van der Waals surface area contributed by atoms with Gasteiger partial charge in [0.1, 0.15) is 5.82 Å². The molecule has 114 valence electrons. The molecule has 0 bridgehead atoms. The summed E-state index contributed by atoms with van der Waals surface area (Å²) in [6.07, 6.45) is -3.08. The van der Waals surface area contributed by atoms with Gasteiger partial charge in [-0.15, -0.1) is 11.3 Å². The van der Waals surface area contributed by atoms with Crippen LogP contribution in [0.4, 0.5) is 19.0 Å². The van der Waals surface area contributed by atoms with Crippen LogP contribution in [0.2, 0.25) is 0 Å². The van der Waals surface area contributed by atoms with Crippen LogP contribution in [0.3, 0.4) is 0 Å². The molecule has 0 fully saturated rings. The van der Waals surface area contributed by atoms with Crippen LogP contribution >= 0.6 is 27.3 Å². The predicted octanol–water partition coefficient (Wildman–Crippen LogP) is 5.31. The number of halogens is 4. The molecule has 0 aliphatic carbocycles. The minimum Gasteiger partial charge on any atom is -0.369 e. The zero-order valence-electron chi connectivity index (χ0n) is 11.5. The van der Waals surface area contributed by atoms with Gasteiger partial charge in [0.25, 0.3) is 0 Å². The quantitative estimate of drug-likeness (QED) is 0.779. The molecule has 2 heterocycles. The van der Waals surface area contributed by atoms with E-state index in [9.17, 15) is 13.2 Å². The smallest absolute Gasteiger partial charge is 0.369 e. The lowest BCUT2D eigenvalue weighted by Crippen LogP contribution is -2.28. The maximum atomic E-state index is 13.0. The van der Waals surface area contributed by atoms with Crippen LogP contribution in [0, 0.1) is 0 Å². The molecular formula is C14H14BrF3N2S. The van der Waals surface area contributed by atoms with Crippen LogP contribution in [0.1, 0.15) is 24.3 Å². The lowest BCUT2D eigenvalue weighted by Gasteiger charge is -2.25. The van der Waals surface area contributed by atoms with Gasteiger partial charge in [-0.2, -0.15) is 13.2 Å². The fourth-order valence-electron chi connectivity index (χ4n) is 1.85. The van der Waals surface area contributed by atoms with E-state index in [-0.39, 0.29) is 11.2 Å². The van der Waals surface area contributed by atoms with Gasteiger partial charge in [-0.1, -0.05) is 19.9 Å². The van der Waals surface area contributed by atoms with Gasteiger partial charge in [0.15, 0.2) is 0 Å². The number of rotatable bonds is 4. The fourth-order valence-corrected chi connectivity index (χ4v) is 3.04. The molecule has 0 radical (unpaired) electrons. The number of hydrogen-bond donors (Lipinski definition) is 1. The highest BCUT2D eigenvalue weighted by Gasteiger charge is 2.35. The minimum absolute atomic E-state index is 0.143. The average Bonchev–Trinajstić information content (AvgIpc) is 2.91. The normalized spacial score (nSPS) is 12.5. The number of thiophene rings is 1. The van der Waals surface area contributed by atoms with Gasteiger partial charge in [-0.25, -0.2) is 4.98 Å². The summed E-state index contributed by atoms with van der Waals surface area (Å²) < 4.78 is 39.4. The van der Waals surface area contributed by atoms with Crippen molar-refractivity contribution in [2.45, 2.75) is 25.4 Å². The Balaban J connectivity index is 2.21. The zero-order chi connectivity index (χ0) is 15.7. The predicted molar refractivity (Wildman–Crippen MR) is 82.8 cm³/mol. The number of aromatic nitrogens is 1. The van der Waals surface area contributed by atoms with E-state index in [4.69, 9.17) is 0 Å². The first-order chi connectivity index (χ1) is 9.70. The Bertz CT molecular complexity index is 609. The zero-order valence-corrected chi connectivity index (χ0v) is 13.9. The van der Waals surface area contributed by atoms with Crippen LogP contribution in [0.5, 0.6) is 0 Å². The van der Waals surface area contributed by atoms with Crippen molar-refractivity contribution in [1.29, 1.82) is 0 Å². The molecule has 0 aliphatic rings. The molecule has 7 heteroatoms. The van der Waals surface area contributed by atoms with Gasteiger partial charge in [0.05, 0.1) is 5.56 Å². The molecule has 0 aliphatic heterocycles. The minimum atomic E-state index is -4.44. The Kier molecular flexibility index (Phi) is 4.63. The summed E-state index contributed by atoms with van der Waals surface area (Å²) in [5, 5.41) is 4.78. The van der Waals surface area contributed by atoms with Gasteiger partial charge in [0.2, 0.25) is 0 Å². The molecule has 2 nitrogen and oxygen atoms in total. The lowest BCUT2D eigenvalue weighted by molar-refractivity contribution is -0.137. The Morgan fingerprint density at radius 2 is 2.05 bits per heavy atom. The van der Waals surface area contributed by atoms with E-state index in [0.29, 0.717) is 11.0 Å². The topological polar surface area (TPSA) is 24.9 Å². The molecule has 0 atom stereocenters. The number of nitrogens with one attached hydrogen (secondary N) is 1. The summed E-state index contributed by atoms with van der Waals surface area (Å²) in [7, 11) is 0. The second-order valence-electron chi connectivity index (χ2n) is 5.26. The fraction of sp³-hybridized carbons (Fsp3) is 0.357. The molecular weight excluding hydrogens is 365 g/mol. The van der Waals surface area contributed by atoms with Crippen molar-refractivity contribution in [2.24, 2.45) is 0 Å². The number of alkyl halides is 3. The van der Waals surface area contributed by atoms with Crippen LogP contribution in [-0.4, -0.2) is 11.5 Å². The van der Waals surface area contributed by atoms with E-state index in [1.165, 1.54) is 6.20 Å². The molecule has 21 heavy (non-hydrogen) atoms. The first-order valence-electron chi connectivity index (χ1n) is 6.21. The summed E-state index contributed by atoms with van der Waals surface area (Å²) in [6.45, 7) is 4.33. The summed E-state index contributed by atoms with van der Waals surface area (Å²) in [5.74, 6) is -0.143. The van der Waals surface area contributed by atoms with Crippen molar-refractivity contribution in [3.05, 3.63) is 44.7 Å². The van der Waals surface area contributed by atoms with Crippen molar-refractivity contribution < 1.29 is 13.2 Å². The third-order valence-corrected chi connectivity index (χ3v) is 4.72. The maximum Gasteiger partial charge on any atom is 0.419 e. The Morgan fingerprint density at radius 3 is 2.62 bits per heavy atom. The van der Waals surface area contributed by atoms with E-state index in [2.05, 4.69) is 26.2 Å². The molecule has 0 aromatic carbocycles. The molecule has 2 aromatic rings. The Labute approximate surface area is 133 Å². The number of pyridine rings is 1. The monoisotopic (exact) mass is 378 g/mol. The van der Waals surface area contributed by atoms with Gasteiger partial charge < -0.3 is 5.32 Å². The molecule has 0 unspecified atom stereocenters. The second kappa shape index (κ2) is 5.96. The van der Waals surface area contributed by atoms with Gasteiger partial charge >= 0.3 is 6.18 Å². The molecule has 0 spiro atoms. The third kappa shape index (κ3) is 3.97. The van der Waals surface area contributed by atoms with Crippen molar-refractivity contribution >= 4 is 33.1 Å². The van der Waals surface area contributed by atoms with E-state index in [0.717, 1.165) is 10.9 Å². The number of anilines is 1. The van der Waals surface area contributed by atoms with E-state index >= 15 is 0 Å². The third-order valence-electron chi connectivity index (χ3n) is 3.05. The summed E-state index contributed by atoms with van der Waals surface area (Å²) in [6, 6.07) is 4.94. The summed E-state index contributed by atoms with van der Waals surface area (Å²) >= 11 is 4.61. The molecule has 2 aromatic heterocycles. The molecule has 1 N–H and O–H groups in total. The maximum absolute atomic E-state index is 13.0. The SMILES string of the molecule is CC(C)(CNc1ncc(Br)cc1C(F)(F)F)c1cccs1. The van der Waals surface area contributed by atoms with Gasteiger partial charge in [0, 0.05) is 27.5 Å². The first-order valence-corrected chi connectivity index (χ1v) is 7.88. The van der Waals surface area contributed by atoms with Crippen molar-refractivity contribution in [1.82, 2.24) is 4.98 Å². The summed E-state index contributed by atoms with van der Waals surface area (Å²) in [5.41, 5.74) is -1.04. The highest BCUT2D eigenvalue weighted by molar-refractivity contribution is 9.10. The van der Waals surface area contributed by atoms with E-state index in [1.807, 2.05) is 31.4 Å². The largest absolute Gasteiger partial charge is 0.419 e. The summed E-state index contributed by atoms with van der Waals surface area (Å²) in [4.78, 5) is 4.97. The molecule has 0 amide bonds. The highest BCUT2D eigenvalue weighted by atomic mass is 79.9.